The Bertz CT molecular complexity index is 352. The molecule has 0 aromatic carbocycles. The fourth-order valence-electron chi connectivity index (χ4n) is 3.10. The van der Waals surface area contributed by atoms with Gasteiger partial charge in [0.05, 0.1) is 39.6 Å². The molecule has 0 unspecified atom stereocenters. The van der Waals surface area contributed by atoms with Gasteiger partial charge in [-0.25, -0.2) is 4.99 Å². The summed E-state index contributed by atoms with van der Waals surface area (Å²) in [5.41, 5.74) is -0.543. The Balaban J connectivity index is 2.23. The minimum absolute atomic E-state index is 0.0105. The first-order chi connectivity index (χ1) is 12.8. The van der Waals surface area contributed by atoms with E-state index in [1.807, 2.05) is 0 Å². The van der Waals surface area contributed by atoms with Crippen molar-refractivity contribution < 1.29 is 24.4 Å². The van der Waals surface area contributed by atoms with Crippen LogP contribution in [-0.4, -0.2) is 67.9 Å². The van der Waals surface area contributed by atoms with Crippen molar-refractivity contribution in [1.82, 2.24) is 0 Å². The first-order valence-electron chi connectivity index (χ1n) is 10.3. The van der Waals surface area contributed by atoms with Crippen LogP contribution in [-0.2, 0) is 14.2 Å². The van der Waals surface area contributed by atoms with Crippen LogP contribution >= 0.6 is 0 Å². The molecule has 1 aliphatic heterocycles. The van der Waals surface area contributed by atoms with Gasteiger partial charge < -0.3 is 24.4 Å². The molecule has 0 fully saturated rings. The van der Waals surface area contributed by atoms with Crippen molar-refractivity contribution in [1.29, 1.82) is 0 Å². The van der Waals surface area contributed by atoms with E-state index in [0.717, 1.165) is 18.7 Å². The highest BCUT2D eigenvalue weighted by molar-refractivity contribution is 5.78. The number of unbranched alkanes of at least 4 members (excludes halogenated alkanes) is 8. The summed E-state index contributed by atoms with van der Waals surface area (Å²) in [6.45, 7) is 3.96. The third-order valence-corrected chi connectivity index (χ3v) is 4.58. The van der Waals surface area contributed by atoms with E-state index < -0.39 is 5.54 Å². The van der Waals surface area contributed by atoms with E-state index in [2.05, 4.69) is 6.92 Å². The standard InChI is InChI=1S/C20H39NO5/c1-2-3-4-5-6-7-8-9-10-11-19-21-20(18-26-19,16-24-14-12-22)17-25-15-13-23/h22-23H,2-18H2,1H3. The largest absolute Gasteiger partial charge is 0.478 e. The zero-order valence-electron chi connectivity index (χ0n) is 16.6. The molecule has 26 heavy (non-hydrogen) atoms. The minimum Gasteiger partial charge on any atom is -0.478 e. The third-order valence-electron chi connectivity index (χ3n) is 4.58. The van der Waals surface area contributed by atoms with Gasteiger partial charge in [-0.3, -0.25) is 0 Å². The summed E-state index contributed by atoms with van der Waals surface area (Å²) in [4.78, 5) is 4.71. The van der Waals surface area contributed by atoms with Gasteiger partial charge >= 0.3 is 0 Å². The van der Waals surface area contributed by atoms with Gasteiger partial charge in [0.2, 0.25) is 0 Å². The van der Waals surface area contributed by atoms with E-state index in [1.165, 1.54) is 51.4 Å². The van der Waals surface area contributed by atoms with Crippen LogP contribution in [0.1, 0.15) is 71.1 Å². The molecule has 6 heteroatoms. The number of hydrogen-bond donors (Lipinski definition) is 2. The molecule has 0 amide bonds. The molecule has 0 radical (unpaired) electrons. The average Bonchev–Trinajstić information content (AvgIpc) is 3.04. The maximum absolute atomic E-state index is 8.88. The van der Waals surface area contributed by atoms with Crippen LogP contribution in [0, 0.1) is 0 Å². The van der Waals surface area contributed by atoms with Crippen molar-refractivity contribution in [2.75, 3.05) is 46.2 Å². The van der Waals surface area contributed by atoms with E-state index in [1.54, 1.807) is 0 Å². The zero-order valence-corrected chi connectivity index (χ0v) is 16.6. The van der Waals surface area contributed by atoms with Crippen molar-refractivity contribution in [2.24, 2.45) is 4.99 Å². The maximum Gasteiger partial charge on any atom is 0.184 e. The highest BCUT2D eigenvalue weighted by Gasteiger charge is 2.37. The molecule has 0 saturated carbocycles. The van der Waals surface area contributed by atoms with Crippen molar-refractivity contribution in [3.63, 3.8) is 0 Å². The first-order valence-corrected chi connectivity index (χ1v) is 10.3. The fourth-order valence-corrected chi connectivity index (χ4v) is 3.10. The lowest BCUT2D eigenvalue weighted by molar-refractivity contribution is -0.00334. The summed E-state index contributed by atoms with van der Waals surface area (Å²) in [6, 6.07) is 0. The zero-order chi connectivity index (χ0) is 18.9. The number of aliphatic hydroxyl groups excluding tert-OH is 2. The molecule has 0 saturated heterocycles. The lowest BCUT2D eigenvalue weighted by Gasteiger charge is -2.23. The Labute approximate surface area is 158 Å². The molecule has 0 spiro atoms. The molecule has 1 rings (SSSR count). The monoisotopic (exact) mass is 373 g/mol. The number of nitrogens with zero attached hydrogens (tertiary/aromatic N) is 1. The topological polar surface area (TPSA) is 80.5 Å². The van der Waals surface area contributed by atoms with Gasteiger partial charge in [-0.15, -0.1) is 0 Å². The Morgan fingerprint density at radius 1 is 0.885 bits per heavy atom. The highest BCUT2D eigenvalue weighted by Crippen LogP contribution is 2.23. The van der Waals surface area contributed by atoms with E-state index in [9.17, 15) is 0 Å². The smallest absolute Gasteiger partial charge is 0.184 e. The molecule has 0 bridgehead atoms. The Morgan fingerprint density at radius 2 is 1.42 bits per heavy atom. The summed E-state index contributed by atoms with van der Waals surface area (Å²) < 4.78 is 16.7. The predicted molar refractivity (Wildman–Crippen MR) is 104 cm³/mol. The maximum atomic E-state index is 8.88. The number of rotatable bonds is 18. The van der Waals surface area contributed by atoms with Crippen molar-refractivity contribution in [3.05, 3.63) is 0 Å². The minimum atomic E-state index is -0.543. The molecule has 0 aromatic heterocycles. The quantitative estimate of drug-likeness (QED) is 0.361. The van der Waals surface area contributed by atoms with E-state index in [-0.39, 0.29) is 26.4 Å². The third kappa shape index (κ3) is 10.5. The number of hydrogen-bond acceptors (Lipinski definition) is 6. The predicted octanol–water partition coefficient (Wildman–Crippen LogP) is 3.09. The molecular weight excluding hydrogens is 334 g/mol. The van der Waals surface area contributed by atoms with Crippen molar-refractivity contribution >= 4 is 5.90 Å². The van der Waals surface area contributed by atoms with Gasteiger partial charge in [0.1, 0.15) is 12.1 Å². The Kier molecular flexibility index (Phi) is 13.8. The first kappa shape index (κ1) is 23.3. The second kappa shape index (κ2) is 15.4. The van der Waals surface area contributed by atoms with Crippen LogP contribution in [0.25, 0.3) is 0 Å². The number of aliphatic imine (C=N–C) groups is 1. The van der Waals surface area contributed by atoms with Crippen LogP contribution < -0.4 is 0 Å². The molecule has 1 aliphatic rings. The van der Waals surface area contributed by atoms with Crippen LogP contribution in [0.15, 0.2) is 4.99 Å². The molecule has 0 aromatic rings. The average molecular weight is 374 g/mol. The van der Waals surface area contributed by atoms with E-state index >= 15 is 0 Å². The lowest BCUT2D eigenvalue weighted by Crippen LogP contribution is -2.40. The number of aliphatic hydroxyl groups is 2. The van der Waals surface area contributed by atoms with Crippen LogP contribution in [0.2, 0.25) is 0 Å². The highest BCUT2D eigenvalue weighted by atomic mass is 16.5. The Morgan fingerprint density at radius 3 is 1.96 bits per heavy atom. The summed E-state index contributed by atoms with van der Waals surface area (Å²) in [5.74, 6) is 0.785. The number of ether oxygens (including phenoxy) is 3. The van der Waals surface area contributed by atoms with Gasteiger partial charge in [-0.2, -0.15) is 0 Å². The lowest BCUT2D eigenvalue weighted by atomic mass is 10.1. The second-order valence-electron chi connectivity index (χ2n) is 7.15. The summed E-state index contributed by atoms with van der Waals surface area (Å²) in [6.07, 6.45) is 12.5. The van der Waals surface area contributed by atoms with Gasteiger partial charge in [0, 0.05) is 6.42 Å². The van der Waals surface area contributed by atoms with E-state index in [0.29, 0.717) is 19.8 Å². The SMILES string of the molecule is CCCCCCCCCCCC1=NC(COCCO)(COCCO)CO1. The Hall–Kier alpha value is -0.690. The van der Waals surface area contributed by atoms with Crippen LogP contribution in [0.3, 0.4) is 0 Å². The van der Waals surface area contributed by atoms with E-state index in [4.69, 9.17) is 29.4 Å². The molecule has 0 aliphatic carbocycles. The van der Waals surface area contributed by atoms with Gasteiger partial charge in [0.25, 0.3) is 0 Å². The molecule has 6 nitrogen and oxygen atoms in total. The fraction of sp³-hybridized carbons (Fsp3) is 0.950. The normalized spacial score (nSPS) is 15.9. The van der Waals surface area contributed by atoms with Gasteiger partial charge in [-0.05, 0) is 6.42 Å². The molecule has 0 atom stereocenters. The second-order valence-corrected chi connectivity index (χ2v) is 7.15. The van der Waals surface area contributed by atoms with Gasteiger partial charge in [-0.1, -0.05) is 58.3 Å². The van der Waals surface area contributed by atoms with Crippen molar-refractivity contribution in [2.45, 2.75) is 76.7 Å². The molecular formula is C20H39NO5. The van der Waals surface area contributed by atoms with Crippen LogP contribution in [0.5, 0.6) is 0 Å². The summed E-state index contributed by atoms with van der Waals surface area (Å²) >= 11 is 0. The van der Waals surface area contributed by atoms with Gasteiger partial charge in [0.15, 0.2) is 5.90 Å². The van der Waals surface area contributed by atoms with Crippen LogP contribution in [0.4, 0.5) is 0 Å². The molecule has 2 N–H and O–H groups in total. The molecule has 1 heterocycles. The summed E-state index contributed by atoms with van der Waals surface area (Å²) in [7, 11) is 0. The summed E-state index contributed by atoms with van der Waals surface area (Å²) in [5, 5.41) is 17.8. The molecule has 154 valence electrons. The van der Waals surface area contributed by atoms with Crippen molar-refractivity contribution in [3.8, 4) is 0 Å².